The molecule has 0 aliphatic heterocycles. The number of nitrogens with zero attached hydrogens (tertiary/aromatic N) is 2. The molecule has 0 aromatic carbocycles. The summed E-state index contributed by atoms with van der Waals surface area (Å²) in [6.07, 6.45) is 6.40. The molecule has 4 heteroatoms. The highest BCUT2D eigenvalue weighted by atomic mass is 32.2. The molecule has 1 heterocycles. The van der Waals surface area contributed by atoms with Gasteiger partial charge in [-0.2, -0.15) is 0 Å². The standard InChI is InChI=1S/C10H17N3S/c1-3-9(2)12-6-7-14-10-8-11-4-5-13-10/h4-5,8-9,12H,3,6-7H2,1-2H3. The van der Waals surface area contributed by atoms with Crippen molar-refractivity contribution in [3.05, 3.63) is 18.6 Å². The van der Waals surface area contributed by atoms with Crippen LogP contribution in [0.3, 0.4) is 0 Å². The minimum absolute atomic E-state index is 0.609. The molecular formula is C10H17N3S. The van der Waals surface area contributed by atoms with Gasteiger partial charge in [0.1, 0.15) is 5.03 Å². The van der Waals surface area contributed by atoms with E-state index in [4.69, 9.17) is 0 Å². The van der Waals surface area contributed by atoms with Crippen molar-refractivity contribution in [2.75, 3.05) is 12.3 Å². The molecule has 0 bridgehead atoms. The molecular weight excluding hydrogens is 194 g/mol. The second-order valence-corrected chi connectivity index (χ2v) is 4.27. The summed E-state index contributed by atoms with van der Waals surface area (Å²) in [6, 6.07) is 0.609. The fourth-order valence-corrected chi connectivity index (χ4v) is 1.67. The van der Waals surface area contributed by atoms with Crippen LogP contribution in [0.1, 0.15) is 20.3 Å². The van der Waals surface area contributed by atoms with Gasteiger partial charge in [-0.3, -0.25) is 4.98 Å². The summed E-state index contributed by atoms with van der Waals surface area (Å²) in [7, 11) is 0. The number of rotatable bonds is 6. The predicted octanol–water partition coefficient (Wildman–Crippen LogP) is 1.96. The lowest BCUT2D eigenvalue weighted by atomic mass is 10.3. The van der Waals surface area contributed by atoms with Crippen molar-refractivity contribution in [1.29, 1.82) is 0 Å². The third-order valence-electron chi connectivity index (χ3n) is 2.00. The highest BCUT2D eigenvalue weighted by Gasteiger charge is 1.97. The summed E-state index contributed by atoms with van der Waals surface area (Å²) < 4.78 is 0. The molecule has 1 N–H and O–H groups in total. The summed E-state index contributed by atoms with van der Waals surface area (Å²) in [5, 5.41) is 4.43. The Kier molecular flexibility index (Phi) is 5.56. The number of hydrogen-bond acceptors (Lipinski definition) is 4. The summed E-state index contributed by atoms with van der Waals surface area (Å²) >= 11 is 1.74. The molecule has 14 heavy (non-hydrogen) atoms. The van der Waals surface area contributed by atoms with Crippen molar-refractivity contribution < 1.29 is 0 Å². The maximum Gasteiger partial charge on any atom is 0.114 e. The van der Waals surface area contributed by atoms with Gasteiger partial charge in [0.2, 0.25) is 0 Å². The van der Waals surface area contributed by atoms with E-state index in [0.29, 0.717) is 6.04 Å². The molecule has 0 radical (unpaired) electrons. The number of nitrogens with one attached hydrogen (secondary N) is 1. The van der Waals surface area contributed by atoms with Gasteiger partial charge in [-0.15, -0.1) is 11.8 Å². The van der Waals surface area contributed by atoms with Gasteiger partial charge in [0.15, 0.2) is 0 Å². The Bertz CT molecular complexity index is 240. The third kappa shape index (κ3) is 4.58. The van der Waals surface area contributed by atoms with Crippen molar-refractivity contribution >= 4 is 11.8 Å². The van der Waals surface area contributed by atoms with Crippen LogP contribution in [0.4, 0.5) is 0 Å². The van der Waals surface area contributed by atoms with Crippen molar-refractivity contribution in [2.24, 2.45) is 0 Å². The normalized spacial score (nSPS) is 12.7. The van der Waals surface area contributed by atoms with E-state index in [0.717, 1.165) is 17.3 Å². The molecule has 1 aromatic heterocycles. The van der Waals surface area contributed by atoms with E-state index in [1.807, 2.05) is 0 Å². The smallest absolute Gasteiger partial charge is 0.114 e. The summed E-state index contributed by atoms with van der Waals surface area (Å²) in [6.45, 7) is 5.41. The molecule has 78 valence electrons. The monoisotopic (exact) mass is 211 g/mol. The molecule has 3 nitrogen and oxygen atoms in total. The fraction of sp³-hybridized carbons (Fsp3) is 0.600. The molecule has 0 saturated carbocycles. The second-order valence-electron chi connectivity index (χ2n) is 3.16. The first-order valence-electron chi connectivity index (χ1n) is 4.95. The molecule has 1 rings (SSSR count). The van der Waals surface area contributed by atoms with Crippen molar-refractivity contribution in [1.82, 2.24) is 15.3 Å². The van der Waals surface area contributed by atoms with Gasteiger partial charge in [0.25, 0.3) is 0 Å². The highest BCUT2D eigenvalue weighted by molar-refractivity contribution is 7.99. The average molecular weight is 211 g/mol. The zero-order valence-corrected chi connectivity index (χ0v) is 9.55. The van der Waals surface area contributed by atoms with E-state index in [1.165, 1.54) is 6.42 Å². The Morgan fingerprint density at radius 2 is 2.36 bits per heavy atom. The maximum absolute atomic E-state index is 4.19. The molecule has 1 aromatic rings. The first-order valence-corrected chi connectivity index (χ1v) is 5.93. The zero-order chi connectivity index (χ0) is 10.2. The number of hydrogen-bond donors (Lipinski definition) is 1. The van der Waals surface area contributed by atoms with E-state index in [1.54, 1.807) is 30.4 Å². The largest absolute Gasteiger partial charge is 0.313 e. The van der Waals surface area contributed by atoms with Crippen LogP contribution in [0.5, 0.6) is 0 Å². The van der Waals surface area contributed by atoms with Gasteiger partial charge in [-0.05, 0) is 13.3 Å². The first-order chi connectivity index (χ1) is 6.83. The number of thioether (sulfide) groups is 1. The lowest BCUT2D eigenvalue weighted by Crippen LogP contribution is -2.27. The Morgan fingerprint density at radius 1 is 1.50 bits per heavy atom. The lowest BCUT2D eigenvalue weighted by molar-refractivity contribution is 0.555. The van der Waals surface area contributed by atoms with E-state index < -0.39 is 0 Å². The Morgan fingerprint density at radius 3 is 3.00 bits per heavy atom. The molecule has 0 fully saturated rings. The first kappa shape index (κ1) is 11.5. The summed E-state index contributed by atoms with van der Waals surface area (Å²) in [5.41, 5.74) is 0. The van der Waals surface area contributed by atoms with E-state index in [2.05, 4.69) is 29.1 Å². The van der Waals surface area contributed by atoms with E-state index >= 15 is 0 Å². The molecule has 0 aliphatic carbocycles. The lowest BCUT2D eigenvalue weighted by Gasteiger charge is -2.09. The van der Waals surface area contributed by atoms with Crippen molar-refractivity contribution in [3.8, 4) is 0 Å². The Hall–Kier alpha value is -0.610. The van der Waals surface area contributed by atoms with Crippen molar-refractivity contribution in [2.45, 2.75) is 31.3 Å². The van der Waals surface area contributed by atoms with E-state index in [-0.39, 0.29) is 0 Å². The molecule has 0 amide bonds. The molecule has 1 unspecified atom stereocenters. The van der Waals surface area contributed by atoms with Gasteiger partial charge < -0.3 is 5.32 Å². The summed E-state index contributed by atoms with van der Waals surface area (Å²) in [4.78, 5) is 8.20. The van der Waals surface area contributed by atoms with Crippen LogP contribution < -0.4 is 5.32 Å². The highest BCUT2D eigenvalue weighted by Crippen LogP contribution is 2.11. The van der Waals surface area contributed by atoms with Gasteiger partial charge in [-0.1, -0.05) is 6.92 Å². The van der Waals surface area contributed by atoms with Crippen LogP contribution in [0, 0.1) is 0 Å². The van der Waals surface area contributed by atoms with Crippen LogP contribution in [-0.2, 0) is 0 Å². The van der Waals surface area contributed by atoms with Crippen LogP contribution in [0.15, 0.2) is 23.6 Å². The third-order valence-corrected chi connectivity index (χ3v) is 2.91. The Balaban J connectivity index is 2.10. The Labute approximate surface area is 89.7 Å². The summed E-state index contributed by atoms with van der Waals surface area (Å²) in [5.74, 6) is 1.04. The molecule has 0 aliphatic rings. The fourth-order valence-electron chi connectivity index (χ4n) is 0.965. The quantitative estimate of drug-likeness (QED) is 0.576. The van der Waals surface area contributed by atoms with Crippen LogP contribution in [0.2, 0.25) is 0 Å². The molecule has 1 atom stereocenters. The van der Waals surface area contributed by atoms with Gasteiger partial charge in [-0.25, -0.2) is 4.98 Å². The average Bonchev–Trinajstić information content (AvgIpc) is 2.25. The van der Waals surface area contributed by atoms with Crippen LogP contribution >= 0.6 is 11.8 Å². The van der Waals surface area contributed by atoms with Gasteiger partial charge >= 0.3 is 0 Å². The predicted molar refractivity (Wildman–Crippen MR) is 60.5 cm³/mol. The topological polar surface area (TPSA) is 37.8 Å². The number of aromatic nitrogens is 2. The zero-order valence-electron chi connectivity index (χ0n) is 8.73. The molecule has 0 saturated heterocycles. The SMILES string of the molecule is CCC(C)NCCSc1cnccn1. The molecule has 0 spiro atoms. The van der Waals surface area contributed by atoms with Gasteiger partial charge in [0, 0.05) is 30.7 Å². The second kappa shape index (κ2) is 6.79. The van der Waals surface area contributed by atoms with Gasteiger partial charge in [0.05, 0.1) is 6.20 Å². The van der Waals surface area contributed by atoms with Crippen molar-refractivity contribution in [3.63, 3.8) is 0 Å². The van der Waals surface area contributed by atoms with Crippen LogP contribution in [0.25, 0.3) is 0 Å². The maximum atomic E-state index is 4.19. The van der Waals surface area contributed by atoms with Crippen LogP contribution in [-0.4, -0.2) is 28.3 Å². The van der Waals surface area contributed by atoms with E-state index in [9.17, 15) is 0 Å². The minimum atomic E-state index is 0.609. The minimum Gasteiger partial charge on any atom is -0.313 e.